The Labute approximate surface area is 62.4 Å². The standard InChI is InChI=1S/C9H14O/c1-2-3-4-5-6-7-8-9-10/h2,5-6,8-10H,1,3-4,7H2/b6-5+,9-8+. The fourth-order valence-electron chi connectivity index (χ4n) is 0.568. The van der Waals surface area contributed by atoms with Crippen LogP contribution in [-0.4, -0.2) is 5.11 Å². The maximum atomic E-state index is 8.24. The number of allylic oxidation sites excluding steroid dienone is 4. The number of hydrogen-bond acceptors (Lipinski definition) is 1. The summed E-state index contributed by atoms with van der Waals surface area (Å²) in [5.74, 6) is 0. The second-order valence-corrected chi connectivity index (χ2v) is 1.96. The van der Waals surface area contributed by atoms with Gasteiger partial charge in [-0.1, -0.05) is 18.2 Å². The van der Waals surface area contributed by atoms with Crippen LogP contribution in [0.1, 0.15) is 19.3 Å². The van der Waals surface area contributed by atoms with E-state index in [0.717, 1.165) is 25.5 Å². The Morgan fingerprint density at radius 1 is 1.10 bits per heavy atom. The average molecular weight is 138 g/mol. The smallest absolute Gasteiger partial charge is 0.0754 e. The third-order valence-corrected chi connectivity index (χ3v) is 1.08. The molecule has 0 bridgehead atoms. The van der Waals surface area contributed by atoms with Crippen molar-refractivity contribution < 1.29 is 5.11 Å². The van der Waals surface area contributed by atoms with E-state index in [0.29, 0.717) is 0 Å². The molecule has 0 unspecified atom stereocenters. The van der Waals surface area contributed by atoms with Gasteiger partial charge in [-0.05, 0) is 25.3 Å². The van der Waals surface area contributed by atoms with E-state index >= 15 is 0 Å². The summed E-state index contributed by atoms with van der Waals surface area (Å²) in [7, 11) is 0. The molecule has 0 atom stereocenters. The Balaban J connectivity index is 3.11. The van der Waals surface area contributed by atoms with Gasteiger partial charge in [0.15, 0.2) is 0 Å². The molecule has 0 aliphatic rings. The number of unbranched alkanes of at least 4 members (excludes halogenated alkanes) is 1. The van der Waals surface area contributed by atoms with Crippen LogP contribution in [0.25, 0.3) is 0 Å². The first-order chi connectivity index (χ1) is 4.91. The Hall–Kier alpha value is -0.980. The average Bonchev–Trinajstić information content (AvgIpc) is 1.97. The first kappa shape index (κ1) is 9.02. The largest absolute Gasteiger partial charge is 0.516 e. The molecular formula is C9H14O. The monoisotopic (exact) mass is 138 g/mol. The van der Waals surface area contributed by atoms with Crippen LogP contribution in [0.5, 0.6) is 0 Å². The van der Waals surface area contributed by atoms with Crippen LogP contribution in [0, 0.1) is 0 Å². The molecule has 10 heavy (non-hydrogen) atoms. The molecule has 56 valence electrons. The third-order valence-electron chi connectivity index (χ3n) is 1.08. The second kappa shape index (κ2) is 8.02. The zero-order valence-electron chi connectivity index (χ0n) is 6.16. The van der Waals surface area contributed by atoms with Gasteiger partial charge in [0.1, 0.15) is 0 Å². The van der Waals surface area contributed by atoms with Crippen molar-refractivity contribution in [2.75, 3.05) is 0 Å². The minimum Gasteiger partial charge on any atom is -0.516 e. The normalized spacial score (nSPS) is 11.2. The molecule has 0 spiro atoms. The molecule has 0 aromatic heterocycles. The van der Waals surface area contributed by atoms with Crippen LogP contribution in [0.3, 0.4) is 0 Å². The molecule has 0 aliphatic carbocycles. The van der Waals surface area contributed by atoms with Crippen LogP contribution >= 0.6 is 0 Å². The van der Waals surface area contributed by atoms with E-state index in [-0.39, 0.29) is 0 Å². The molecular weight excluding hydrogens is 124 g/mol. The van der Waals surface area contributed by atoms with Gasteiger partial charge in [0.2, 0.25) is 0 Å². The molecule has 0 aliphatic heterocycles. The summed E-state index contributed by atoms with van der Waals surface area (Å²) < 4.78 is 0. The third kappa shape index (κ3) is 7.02. The summed E-state index contributed by atoms with van der Waals surface area (Å²) in [6.45, 7) is 3.61. The lowest BCUT2D eigenvalue weighted by atomic mass is 10.2. The predicted octanol–water partition coefficient (Wildman–Crippen LogP) is 2.97. The highest BCUT2D eigenvalue weighted by Crippen LogP contribution is 1.93. The van der Waals surface area contributed by atoms with E-state index < -0.39 is 0 Å². The number of aliphatic hydroxyl groups excluding tert-OH is 1. The Morgan fingerprint density at radius 2 is 1.90 bits per heavy atom. The Morgan fingerprint density at radius 3 is 2.50 bits per heavy atom. The number of rotatable bonds is 5. The molecule has 0 aromatic carbocycles. The van der Waals surface area contributed by atoms with Gasteiger partial charge in [-0.15, -0.1) is 6.58 Å². The van der Waals surface area contributed by atoms with Crippen LogP contribution < -0.4 is 0 Å². The van der Waals surface area contributed by atoms with Gasteiger partial charge >= 0.3 is 0 Å². The van der Waals surface area contributed by atoms with Gasteiger partial charge in [-0.2, -0.15) is 0 Å². The maximum absolute atomic E-state index is 8.24. The Kier molecular flexibility index (Phi) is 7.23. The van der Waals surface area contributed by atoms with Gasteiger partial charge in [0, 0.05) is 0 Å². The van der Waals surface area contributed by atoms with Gasteiger partial charge in [0.05, 0.1) is 6.26 Å². The lowest BCUT2D eigenvalue weighted by Crippen LogP contribution is -1.63. The van der Waals surface area contributed by atoms with Crippen molar-refractivity contribution in [1.29, 1.82) is 0 Å². The summed E-state index contributed by atoms with van der Waals surface area (Å²) >= 11 is 0. The zero-order valence-corrected chi connectivity index (χ0v) is 6.16. The minimum absolute atomic E-state index is 0.813. The highest BCUT2D eigenvalue weighted by atomic mass is 16.2. The fraction of sp³-hybridized carbons (Fsp3) is 0.333. The summed E-state index contributed by atoms with van der Waals surface area (Å²) in [5, 5.41) is 8.24. The molecule has 0 heterocycles. The van der Waals surface area contributed by atoms with Crippen molar-refractivity contribution in [3.8, 4) is 0 Å². The molecule has 1 nitrogen and oxygen atoms in total. The van der Waals surface area contributed by atoms with E-state index in [1.54, 1.807) is 6.08 Å². The fourth-order valence-corrected chi connectivity index (χ4v) is 0.568. The molecule has 0 radical (unpaired) electrons. The van der Waals surface area contributed by atoms with E-state index in [1.165, 1.54) is 0 Å². The van der Waals surface area contributed by atoms with Crippen molar-refractivity contribution in [1.82, 2.24) is 0 Å². The first-order valence-electron chi connectivity index (χ1n) is 3.47. The Bertz CT molecular complexity index is 123. The molecule has 0 rings (SSSR count). The molecule has 0 fully saturated rings. The van der Waals surface area contributed by atoms with E-state index in [9.17, 15) is 0 Å². The van der Waals surface area contributed by atoms with Crippen molar-refractivity contribution in [2.24, 2.45) is 0 Å². The SMILES string of the molecule is C=CCC/C=C/C/C=C/O. The molecule has 0 saturated heterocycles. The summed E-state index contributed by atoms with van der Waals surface area (Å²) in [4.78, 5) is 0. The van der Waals surface area contributed by atoms with Crippen LogP contribution in [-0.2, 0) is 0 Å². The van der Waals surface area contributed by atoms with Gasteiger partial charge in [-0.25, -0.2) is 0 Å². The van der Waals surface area contributed by atoms with Crippen molar-refractivity contribution in [3.63, 3.8) is 0 Å². The van der Waals surface area contributed by atoms with Crippen LogP contribution in [0.4, 0.5) is 0 Å². The van der Waals surface area contributed by atoms with Crippen LogP contribution in [0.15, 0.2) is 37.1 Å². The molecule has 0 aromatic rings. The number of hydrogen-bond donors (Lipinski definition) is 1. The quantitative estimate of drug-likeness (QED) is 0.352. The highest BCUT2D eigenvalue weighted by molar-refractivity contribution is 4.90. The number of aliphatic hydroxyl groups is 1. The van der Waals surface area contributed by atoms with Gasteiger partial charge < -0.3 is 5.11 Å². The van der Waals surface area contributed by atoms with Crippen LogP contribution in [0.2, 0.25) is 0 Å². The predicted molar refractivity (Wildman–Crippen MR) is 45.0 cm³/mol. The van der Waals surface area contributed by atoms with Crippen molar-refractivity contribution in [2.45, 2.75) is 19.3 Å². The second-order valence-electron chi connectivity index (χ2n) is 1.96. The van der Waals surface area contributed by atoms with Crippen molar-refractivity contribution in [3.05, 3.63) is 37.1 Å². The van der Waals surface area contributed by atoms with E-state index in [4.69, 9.17) is 5.11 Å². The van der Waals surface area contributed by atoms with E-state index in [1.807, 2.05) is 12.2 Å². The minimum atomic E-state index is 0.813. The lowest BCUT2D eigenvalue weighted by molar-refractivity contribution is 0.471. The molecule has 0 amide bonds. The van der Waals surface area contributed by atoms with Gasteiger partial charge in [-0.3, -0.25) is 0 Å². The lowest BCUT2D eigenvalue weighted by Gasteiger charge is -1.83. The molecule has 1 heteroatoms. The summed E-state index contributed by atoms with van der Waals surface area (Å²) in [6, 6.07) is 0. The van der Waals surface area contributed by atoms with Gasteiger partial charge in [0.25, 0.3) is 0 Å². The molecule has 1 N–H and O–H groups in total. The molecule has 0 saturated carbocycles. The van der Waals surface area contributed by atoms with Crippen molar-refractivity contribution >= 4 is 0 Å². The topological polar surface area (TPSA) is 20.2 Å². The zero-order chi connectivity index (χ0) is 7.66. The maximum Gasteiger partial charge on any atom is 0.0754 e. The first-order valence-corrected chi connectivity index (χ1v) is 3.47. The summed E-state index contributed by atoms with van der Waals surface area (Å²) in [5.41, 5.74) is 0. The van der Waals surface area contributed by atoms with E-state index in [2.05, 4.69) is 12.7 Å². The highest BCUT2D eigenvalue weighted by Gasteiger charge is 1.73. The summed E-state index contributed by atoms with van der Waals surface area (Å²) in [6.07, 6.45) is 11.7.